The largest absolute Gasteiger partial charge is 0.387 e. The third-order valence-corrected chi connectivity index (χ3v) is 13.2. The summed E-state index contributed by atoms with van der Waals surface area (Å²) >= 11 is 0. The summed E-state index contributed by atoms with van der Waals surface area (Å²) in [5.41, 5.74) is -1.30. The molecule has 1 aromatic rings. The summed E-state index contributed by atoms with van der Waals surface area (Å²) in [6.07, 6.45) is 6.57. The molecule has 12 atom stereocenters. The van der Waals surface area contributed by atoms with E-state index < -0.39 is 28.8 Å². The van der Waals surface area contributed by atoms with Gasteiger partial charge in [0.2, 0.25) is 0 Å². The molecular formula is C36H52O6. The Labute approximate surface area is 251 Å². The summed E-state index contributed by atoms with van der Waals surface area (Å²) in [7, 11) is 0. The first-order valence-electron chi connectivity index (χ1n) is 16.5. The second-order valence-electron chi connectivity index (χ2n) is 15.3. The average molecular weight is 581 g/mol. The molecule has 3 N–H and O–H groups in total. The third kappa shape index (κ3) is 4.58. The molecule has 3 saturated carbocycles. The molecule has 4 aliphatic carbocycles. The van der Waals surface area contributed by atoms with Crippen LogP contribution in [0, 0.1) is 40.4 Å². The van der Waals surface area contributed by atoms with E-state index in [-0.39, 0.29) is 41.0 Å². The first-order valence-corrected chi connectivity index (χ1v) is 16.5. The molecule has 1 aromatic carbocycles. The molecule has 6 heteroatoms. The number of carbonyl (C=O) groups excluding carboxylic acids is 1. The lowest BCUT2D eigenvalue weighted by atomic mass is 9.46. The highest BCUT2D eigenvalue weighted by molar-refractivity contribution is 5.95. The third-order valence-electron chi connectivity index (χ3n) is 13.2. The van der Waals surface area contributed by atoms with Crippen molar-refractivity contribution in [3.05, 3.63) is 47.5 Å². The van der Waals surface area contributed by atoms with Gasteiger partial charge in [0.05, 0.1) is 30.0 Å². The van der Waals surface area contributed by atoms with Crippen LogP contribution in [0.4, 0.5) is 0 Å². The monoisotopic (exact) mass is 580 g/mol. The predicted octanol–water partition coefficient (Wildman–Crippen LogP) is 5.27. The molecule has 1 saturated heterocycles. The van der Waals surface area contributed by atoms with Gasteiger partial charge in [0.15, 0.2) is 5.78 Å². The van der Waals surface area contributed by atoms with Crippen molar-refractivity contribution in [2.24, 2.45) is 40.4 Å². The number of aliphatic hydroxyl groups is 3. The van der Waals surface area contributed by atoms with Gasteiger partial charge < -0.3 is 24.8 Å². The summed E-state index contributed by atoms with van der Waals surface area (Å²) in [6.45, 7) is 11.5. The van der Waals surface area contributed by atoms with E-state index in [1.165, 1.54) is 5.56 Å². The molecule has 0 spiro atoms. The number of carbonyl (C=O) groups is 1. The normalized spacial score (nSPS) is 45.4. The van der Waals surface area contributed by atoms with Gasteiger partial charge in [-0.3, -0.25) is 4.79 Å². The zero-order valence-corrected chi connectivity index (χ0v) is 26.2. The molecule has 0 unspecified atom stereocenters. The molecule has 0 bridgehead atoms. The predicted molar refractivity (Wildman–Crippen MR) is 162 cm³/mol. The maximum absolute atomic E-state index is 13.8. The second kappa shape index (κ2) is 10.8. The van der Waals surface area contributed by atoms with Crippen molar-refractivity contribution in [1.29, 1.82) is 0 Å². The second-order valence-corrected chi connectivity index (χ2v) is 15.3. The van der Waals surface area contributed by atoms with Crippen molar-refractivity contribution >= 4 is 5.78 Å². The van der Waals surface area contributed by atoms with Crippen molar-refractivity contribution in [2.45, 2.75) is 115 Å². The molecule has 0 radical (unpaired) electrons. The van der Waals surface area contributed by atoms with Crippen LogP contribution < -0.4 is 0 Å². The molecule has 6 nitrogen and oxygen atoms in total. The number of ketones is 1. The van der Waals surface area contributed by atoms with Gasteiger partial charge in [-0.1, -0.05) is 58.0 Å². The van der Waals surface area contributed by atoms with Crippen molar-refractivity contribution < 1.29 is 29.6 Å². The number of aliphatic hydroxyl groups excluding tert-OH is 1. The first kappa shape index (κ1) is 30.5. The van der Waals surface area contributed by atoms with E-state index in [0.29, 0.717) is 32.0 Å². The summed E-state index contributed by atoms with van der Waals surface area (Å²) in [5.74, 6) is 0.311. The van der Waals surface area contributed by atoms with Gasteiger partial charge in [-0.2, -0.15) is 0 Å². The molecule has 42 heavy (non-hydrogen) atoms. The molecule has 4 fully saturated rings. The summed E-state index contributed by atoms with van der Waals surface area (Å²) in [6, 6.07) is 10.4. The average Bonchev–Trinajstić information content (AvgIpc) is 3.44. The molecular weight excluding hydrogens is 528 g/mol. The van der Waals surface area contributed by atoms with E-state index in [9.17, 15) is 20.1 Å². The minimum absolute atomic E-state index is 0.0815. The Morgan fingerprint density at radius 2 is 1.81 bits per heavy atom. The van der Waals surface area contributed by atoms with Gasteiger partial charge in [0, 0.05) is 17.9 Å². The van der Waals surface area contributed by atoms with Crippen molar-refractivity contribution in [2.75, 3.05) is 13.2 Å². The maximum Gasteiger partial charge on any atom is 0.159 e. The summed E-state index contributed by atoms with van der Waals surface area (Å²) in [4.78, 5) is 13.8. The number of hydrogen-bond acceptors (Lipinski definition) is 6. The van der Waals surface area contributed by atoms with Crippen LogP contribution >= 0.6 is 0 Å². The van der Waals surface area contributed by atoms with Crippen LogP contribution in [0.1, 0.15) is 85.1 Å². The lowest BCUT2D eigenvalue weighted by Gasteiger charge is -2.60. The molecule has 232 valence electrons. The summed E-state index contributed by atoms with van der Waals surface area (Å²) in [5, 5.41) is 36.1. The minimum Gasteiger partial charge on any atom is -0.387 e. The maximum atomic E-state index is 13.8. The Kier molecular flexibility index (Phi) is 7.83. The van der Waals surface area contributed by atoms with Crippen LogP contribution in [0.5, 0.6) is 0 Å². The molecule has 6 rings (SSSR count). The quantitative estimate of drug-likeness (QED) is 0.407. The lowest BCUT2D eigenvalue weighted by molar-refractivity contribution is -0.193. The van der Waals surface area contributed by atoms with Gasteiger partial charge in [-0.25, -0.2) is 0 Å². The highest BCUT2D eigenvalue weighted by Crippen LogP contribution is 2.68. The van der Waals surface area contributed by atoms with Gasteiger partial charge in [0.1, 0.15) is 6.10 Å². The van der Waals surface area contributed by atoms with Crippen LogP contribution in [0.15, 0.2) is 42.0 Å². The van der Waals surface area contributed by atoms with Gasteiger partial charge >= 0.3 is 0 Å². The smallest absolute Gasteiger partial charge is 0.159 e. The summed E-state index contributed by atoms with van der Waals surface area (Å²) < 4.78 is 12.3. The van der Waals surface area contributed by atoms with Crippen LogP contribution in [0.3, 0.4) is 0 Å². The zero-order chi connectivity index (χ0) is 30.1. The molecule has 0 aromatic heterocycles. The van der Waals surface area contributed by atoms with Crippen molar-refractivity contribution in [3.63, 3.8) is 0 Å². The van der Waals surface area contributed by atoms with Crippen molar-refractivity contribution in [3.8, 4) is 0 Å². The Hall–Kier alpha value is -1.57. The number of allylic oxidation sites excluding steroid dienone is 1. The zero-order valence-electron chi connectivity index (χ0n) is 26.2. The molecule has 5 aliphatic rings. The molecule has 0 amide bonds. The number of hydrogen-bond donors (Lipinski definition) is 3. The minimum atomic E-state index is -1.42. The van der Waals surface area contributed by atoms with E-state index in [1.54, 1.807) is 13.0 Å². The van der Waals surface area contributed by atoms with Crippen LogP contribution in [-0.2, 0) is 20.7 Å². The van der Waals surface area contributed by atoms with Crippen LogP contribution in [-0.4, -0.2) is 63.8 Å². The van der Waals surface area contributed by atoms with Gasteiger partial charge in [-0.15, -0.1) is 0 Å². The highest BCUT2D eigenvalue weighted by atomic mass is 16.5. The fraction of sp³-hybridized carbons (Fsp3) is 0.750. The van der Waals surface area contributed by atoms with Gasteiger partial charge in [-0.05, 0) is 105 Å². The van der Waals surface area contributed by atoms with Gasteiger partial charge in [0.25, 0.3) is 0 Å². The standard InChI is InChI=1S/C36H52O6/c1-22-21-42-31(23(22)2)32(38)35(5,39)30-13-17-36(40)27-20-29(37)28-19-25(41-18-14-24-9-7-6-8-10-24)11-15-33(28,3)26(27)12-16-34(30,36)4/h6-10,20,22-23,25-26,28,30-32,38-40H,11-19,21H2,1-5H3/t22-,23-,25+,26-,28-,30-,31+,32-,33-,34-,35+,36+/m1/s1. The molecule has 1 heterocycles. The Bertz CT molecular complexity index is 1190. The fourth-order valence-corrected chi connectivity index (χ4v) is 10.2. The topological polar surface area (TPSA) is 96.2 Å². The first-order chi connectivity index (χ1) is 19.8. The SMILES string of the molecule is C[C@H]1[C@@H]([C@@H](O)[C@@](C)(O)[C@@H]2CC[C@]3(O)C4=CC(=O)[C@H]5C[C@@H](OCCc6ccccc6)CC[C@]5(C)[C@@H]4CC[C@]23C)OC[C@H]1C. The Balaban J connectivity index is 1.20. The van der Waals surface area contributed by atoms with E-state index in [2.05, 4.69) is 52.0 Å². The van der Waals surface area contributed by atoms with E-state index in [0.717, 1.165) is 44.1 Å². The van der Waals surface area contributed by atoms with E-state index >= 15 is 0 Å². The number of ether oxygens (including phenoxy) is 2. The van der Waals surface area contributed by atoms with Crippen LogP contribution in [0.25, 0.3) is 0 Å². The van der Waals surface area contributed by atoms with E-state index in [4.69, 9.17) is 9.47 Å². The number of rotatable bonds is 7. The fourth-order valence-electron chi connectivity index (χ4n) is 10.2. The lowest BCUT2D eigenvalue weighted by Crippen LogP contribution is -2.63. The number of benzene rings is 1. The van der Waals surface area contributed by atoms with Crippen LogP contribution in [0.2, 0.25) is 0 Å². The highest BCUT2D eigenvalue weighted by Gasteiger charge is 2.69. The van der Waals surface area contributed by atoms with Crippen molar-refractivity contribution in [1.82, 2.24) is 0 Å². The number of fused-ring (bicyclic) bond motifs is 5. The van der Waals surface area contributed by atoms with E-state index in [1.807, 2.05) is 6.07 Å². The Morgan fingerprint density at radius 1 is 1.07 bits per heavy atom. The molecule has 1 aliphatic heterocycles. The Morgan fingerprint density at radius 3 is 2.50 bits per heavy atom.